The highest BCUT2D eigenvalue weighted by atomic mass is 14.9. The summed E-state index contributed by atoms with van der Waals surface area (Å²) in [5.41, 5.74) is 0. The van der Waals surface area contributed by atoms with Crippen molar-refractivity contribution in [2.24, 2.45) is 17.8 Å². The minimum Gasteiger partial charge on any atom is -0.314 e. The Bertz CT molecular complexity index is 184. The topological polar surface area (TPSA) is 12.0 Å². The summed E-state index contributed by atoms with van der Waals surface area (Å²) < 4.78 is 0. The Hall–Kier alpha value is -0.0400. The van der Waals surface area contributed by atoms with Crippen molar-refractivity contribution in [2.45, 2.75) is 78.7 Å². The third-order valence-electron chi connectivity index (χ3n) is 4.65. The monoisotopic (exact) mass is 239 g/mol. The zero-order valence-electron chi connectivity index (χ0n) is 12.5. The first-order valence-electron chi connectivity index (χ1n) is 7.90. The molecule has 1 fully saturated rings. The first-order valence-corrected chi connectivity index (χ1v) is 7.90. The molecule has 0 spiro atoms. The highest BCUT2D eigenvalue weighted by Gasteiger charge is 2.26. The van der Waals surface area contributed by atoms with Crippen molar-refractivity contribution in [3.63, 3.8) is 0 Å². The van der Waals surface area contributed by atoms with Crippen molar-refractivity contribution < 1.29 is 0 Å². The van der Waals surface area contributed by atoms with E-state index in [1.165, 1.54) is 51.5 Å². The van der Waals surface area contributed by atoms with Gasteiger partial charge in [-0.05, 0) is 37.1 Å². The molecular weight excluding hydrogens is 206 g/mol. The van der Waals surface area contributed by atoms with Gasteiger partial charge in [-0.3, -0.25) is 0 Å². The summed E-state index contributed by atoms with van der Waals surface area (Å²) in [5, 5.41) is 3.65. The summed E-state index contributed by atoms with van der Waals surface area (Å²) in [5.74, 6) is 2.92. The lowest BCUT2D eigenvalue weighted by Gasteiger charge is -2.34. The Morgan fingerprint density at radius 3 is 2.12 bits per heavy atom. The van der Waals surface area contributed by atoms with E-state index in [4.69, 9.17) is 0 Å². The molecule has 1 nitrogen and oxygen atoms in total. The Morgan fingerprint density at radius 1 is 1.00 bits per heavy atom. The highest BCUT2D eigenvalue weighted by Crippen LogP contribution is 2.35. The molecule has 0 aromatic rings. The predicted molar refractivity (Wildman–Crippen MR) is 77.3 cm³/mol. The van der Waals surface area contributed by atoms with Gasteiger partial charge in [0.2, 0.25) is 0 Å². The second-order valence-electron chi connectivity index (χ2n) is 6.29. The van der Waals surface area contributed by atoms with Crippen molar-refractivity contribution >= 4 is 0 Å². The molecule has 1 heteroatoms. The van der Waals surface area contributed by atoms with Crippen LogP contribution in [0, 0.1) is 17.8 Å². The van der Waals surface area contributed by atoms with Gasteiger partial charge in [0.1, 0.15) is 0 Å². The van der Waals surface area contributed by atoms with Crippen molar-refractivity contribution in [3.8, 4) is 0 Å². The largest absolute Gasteiger partial charge is 0.314 e. The minimum atomic E-state index is 0.644. The lowest BCUT2D eigenvalue weighted by molar-refractivity contribution is 0.184. The average molecular weight is 239 g/mol. The van der Waals surface area contributed by atoms with Gasteiger partial charge >= 0.3 is 0 Å². The Balaban J connectivity index is 2.41. The third kappa shape index (κ3) is 5.42. The fourth-order valence-electron chi connectivity index (χ4n) is 3.30. The van der Waals surface area contributed by atoms with Crippen LogP contribution in [0.25, 0.3) is 0 Å². The van der Waals surface area contributed by atoms with Crippen molar-refractivity contribution in [1.82, 2.24) is 5.32 Å². The van der Waals surface area contributed by atoms with E-state index in [0.717, 1.165) is 17.8 Å². The van der Waals surface area contributed by atoms with E-state index < -0.39 is 0 Å². The molecule has 1 rings (SSSR count). The maximum Gasteiger partial charge on any atom is 0.00104 e. The smallest absolute Gasteiger partial charge is 0.00104 e. The molecule has 0 aromatic carbocycles. The molecule has 1 aliphatic carbocycles. The van der Waals surface area contributed by atoms with Crippen LogP contribution in [0.1, 0.15) is 72.6 Å². The first-order chi connectivity index (χ1) is 8.17. The van der Waals surface area contributed by atoms with Crippen LogP contribution in [0.5, 0.6) is 0 Å². The Kier molecular flexibility index (Phi) is 7.18. The van der Waals surface area contributed by atoms with Crippen LogP contribution in [0.3, 0.4) is 0 Å². The molecule has 17 heavy (non-hydrogen) atoms. The normalized spacial score (nSPS) is 25.8. The first kappa shape index (κ1) is 15.0. The molecule has 0 amide bonds. The van der Waals surface area contributed by atoms with Crippen LogP contribution >= 0.6 is 0 Å². The lowest BCUT2D eigenvalue weighted by Crippen LogP contribution is -2.34. The molecule has 102 valence electrons. The quantitative estimate of drug-likeness (QED) is 0.683. The number of rotatable bonds is 7. The second-order valence-corrected chi connectivity index (χ2v) is 6.29. The second kappa shape index (κ2) is 8.13. The van der Waals surface area contributed by atoms with Gasteiger partial charge in [-0.1, -0.05) is 59.8 Å². The summed E-state index contributed by atoms with van der Waals surface area (Å²) in [7, 11) is 0. The van der Waals surface area contributed by atoms with Gasteiger partial charge in [-0.25, -0.2) is 0 Å². The summed E-state index contributed by atoms with van der Waals surface area (Å²) in [4.78, 5) is 0. The Morgan fingerprint density at radius 2 is 1.59 bits per heavy atom. The zero-order chi connectivity index (χ0) is 12.7. The predicted octanol–water partition coefficient (Wildman–Crippen LogP) is 4.62. The summed E-state index contributed by atoms with van der Waals surface area (Å²) in [6, 6.07) is 0.644. The molecule has 0 bridgehead atoms. The molecule has 0 aromatic heterocycles. The van der Waals surface area contributed by atoms with Gasteiger partial charge in [0.05, 0.1) is 0 Å². The number of hydrogen-bond acceptors (Lipinski definition) is 1. The van der Waals surface area contributed by atoms with Crippen molar-refractivity contribution in [3.05, 3.63) is 0 Å². The maximum absolute atomic E-state index is 3.65. The summed E-state index contributed by atoms with van der Waals surface area (Å²) in [6.45, 7) is 10.5. The van der Waals surface area contributed by atoms with E-state index in [9.17, 15) is 0 Å². The van der Waals surface area contributed by atoms with Crippen LogP contribution in [0.2, 0.25) is 0 Å². The van der Waals surface area contributed by atoms with E-state index in [1.807, 2.05) is 0 Å². The van der Waals surface area contributed by atoms with Crippen LogP contribution in [0.15, 0.2) is 0 Å². The molecule has 0 saturated heterocycles. The summed E-state index contributed by atoms with van der Waals surface area (Å²) >= 11 is 0. The van der Waals surface area contributed by atoms with E-state index in [1.54, 1.807) is 0 Å². The van der Waals surface area contributed by atoms with Crippen LogP contribution in [-0.2, 0) is 0 Å². The maximum atomic E-state index is 3.65. The molecule has 1 saturated carbocycles. The molecule has 1 N–H and O–H groups in total. The number of nitrogens with one attached hydrogen (secondary N) is 1. The van der Waals surface area contributed by atoms with Crippen LogP contribution < -0.4 is 5.32 Å². The van der Waals surface area contributed by atoms with Crippen molar-refractivity contribution in [2.75, 3.05) is 6.54 Å². The van der Waals surface area contributed by atoms with E-state index in [2.05, 4.69) is 33.0 Å². The average Bonchev–Trinajstić information content (AvgIpc) is 2.34. The van der Waals surface area contributed by atoms with Crippen LogP contribution in [-0.4, -0.2) is 12.6 Å². The van der Waals surface area contributed by atoms with Gasteiger partial charge < -0.3 is 5.32 Å². The highest BCUT2D eigenvalue weighted by molar-refractivity contribution is 4.79. The van der Waals surface area contributed by atoms with Crippen LogP contribution in [0.4, 0.5) is 0 Å². The van der Waals surface area contributed by atoms with Gasteiger partial charge in [0, 0.05) is 6.04 Å². The molecule has 0 aliphatic heterocycles. The van der Waals surface area contributed by atoms with E-state index >= 15 is 0 Å². The van der Waals surface area contributed by atoms with Gasteiger partial charge in [-0.15, -0.1) is 0 Å². The lowest BCUT2D eigenvalue weighted by atomic mass is 9.74. The molecule has 0 radical (unpaired) electrons. The third-order valence-corrected chi connectivity index (χ3v) is 4.65. The summed E-state index contributed by atoms with van der Waals surface area (Å²) in [6.07, 6.45) is 10.1. The van der Waals surface area contributed by atoms with Gasteiger partial charge in [0.25, 0.3) is 0 Å². The fraction of sp³-hybridized carbons (Fsp3) is 1.00. The fourth-order valence-corrected chi connectivity index (χ4v) is 3.30. The molecule has 2 unspecified atom stereocenters. The molecule has 1 aliphatic rings. The SMILES string of the molecule is CCC(CC)CC1CCCCC1CNC(C)C. The van der Waals surface area contributed by atoms with Gasteiger partial charge in [0.15, 0.2) is 0 Å². The number of hydrogen-bond donors (Lipinski definition) is 1. The van der Waals surface area contributed by atoms with E-state index in [-0.39, 0.29) is 0 Å². The Labute approximate surface area is 109 Å². The van der Waals surface area contributed by atoms with Gasteiger partial charge in [-0.2, -0.15) is 0 Å². The minimum absolute atomic E-state index is 0.644. The zero-order valence-corrected chi connectivity index (χ0v) is 12.5. The molecular formula is C16H33N. The molecule has 2 atom stereocenters. The van der Waals surface area contributed by atoms with E-state index in [0.29, 0.717) is 6.04 Å². The molecule has 0 heterocycles. The van der Waals surface area contributed by atoms with Crippen molar-refractivity contribution in [1.29, 1.82) is 0 Å². The standard InChI is InChI=1S/C16H33N/c1-5-14(6-2)11-15-9-7-8-10-16(15)12-17-13(3)4/h13-17H,5-12H2,1-4H3.